The van der Waals surface area contributed by atoms with Crippen LogP contribution in [-0.2, 0) is 0 Å². The van der Waals surface area contributed by atoms with Crippen molar-refractivity contribution in [3.8, 4) is 0 Å². The minimum absolute atomic E-state index is 0.116. The Balaban J connectivity index is 3.04. The number of carbonyl (C=O) groups is 1. The zero-order chi connectivity index (χ0) is 12.7. The third-order valence-corrected chi connectivity index (χ3v) is 2.94. The lowest BCUT2D eigenvalue weighted by molar-refractivity contribution is 0.129. The van der Waals surface area contributed by atoms with Gasteiger partial charge in [0, 0.05) is 17.6 Å². The van der Waals surface area contributed by atoms with Gasteiger partial charge in [-0.05, 0) is 41.5 Å². The fourth-order valence-corrected chi connectivity index (χ4v) is 2.14. The molecule has 3 nitrogen and oxygen atoms in total. The number of amides is 2. The molecule has 92 valence electrons. The van der Waals surface area contributed by atoms with Gasteiger partial charge in [0.15, 0.2) is 0 Å². The van der Waals surface area contributed by atoms with Crippen molar-refractivity contribution in [3.63, 3.8) is 0 Å². The van der Waals surface area contributed by atoms with Gasteiger partial charge in [0.2, 0.25) is 0 Å². The topological polar surface area (TPSA) is 23.6 Å². The van der Waals surface area contributed by atoms with E-state index in [9.17, 15) is 4.79 Å². The Kier molecular flexibility index (Phi) is 3.10. The van der Waals surface area contributed by atoms with E-state index in [1.54, 1.807) is 0 Å². The number of nitrogens with zero attached hydrogens (tertiary/aromatic N) is 2. The van der Waals surface area contributed by atoms with Crippen LogP contribution in [0.3, 0.4) is 0 Å². The molecule has 1 rings (SSSR count). The second-order valence-corrected chi connectivity index (χ2v) is 6.41. The summed E-state index contributed by atoms with van der Waals surface area (Å²) in [5.74, 6) is 0. The quantitative estimate of drug-likeness (QED) is 0.628. The smallest absolute Gasteiger partial charge is 0.317 e. The van der Waals surface area contributed by atoms with Crippen LogP contribution in [0.5, 0.6) is 0 Å². The summed E-state index contributed by atoms with van der Waals surface area (Å²) < 4.78 is 0. The molecular formula is C13H24N2O. The van der Waals surface area contributed by atoms with E-state index in [2.05, 4.69) is 48.1 Å². The maximum absolute atomic E-state index is 12.4. The molecule has 1 saturated heterocycles. The standard InChI is InChI=1S/C13H24N2O/c1-8-10-9-14(12(2,3)4)11(16)15(10)13(5,6)7/h8,10H,1,9H2,2-7H3/t10-/m0/s1. The SMILES string of the molecule is C=C[C@H]1CN(C(C)(C)C)C(=O)N1C(C)(C)C. The number of carbonyl (C=O) groups excluding carboxylic acids is 1. The van der Waals surface area contributed by atoms with E-state index >= 15 is 0 Å². The van der Waals surface area contributed by atoms with E-state index in [1.165, 1.54) is 0 Å². The summed E-state index contributed by atoms with van der Waals surface area (Å²) in [4.78, 5) is 16.2. The van der Waals surface area contributed by atoms with Gasteiger partial charge in [0.25, 0.3) is 0 Å². The van der Waals surface area contributed by atoms with Gasteiger partial charge in [-0.15, -0.1) is 6.58 Å². The Morgan fingerprint density at radius 1 is 1.19 bits per heavy atom. The van der Waals surface area contributed by atoms with Crippen LogP contribution in [0.4, 0.5) is 4.79 Å². The van der Waals surface area contributed by atoms with Crippen molar-refractivity contribution in [3.05, 3.63) is 12.7 Å². The first kappa shape index (κ1) is 13.1. The number of urea groups is 1. The predicted molar refractivity (Wildman–Crippen MR) is 67.4 cm³/mol. The zero-order valence-electron chi connectivity index (χ0n) is 11.4. The molecule has 0 saturated carbocycles. The third-order valence-electron chi connectivity index (χ3n) is 2.94. The Labute approximate surface area is 99.1 Å². The van der Waals surface area contributed by atoms with Crippen LogP contribution in [0.1, 0.15) is 41.5 Å². The van der Waals surface area contributed by atoms with Crippen molar-refractivity contribution in [1.29, 1.82) is 0 Å². The van der Waals surface area contributed by atoms with Gasteiger partial charge in [-0.2, -0.15) is 0 Å². The number of rotatable bonds is 1. The Hall–Kier alpha value is -0.990. The maximum atomic E-state index is 12.4. The zero-order valence-corrected chi connectivity index (χ0v) is 11.4. The van der Waals surface area contributed by atoms with Crippen LogP contribution in [0, 0.1) is 0 Å². The number of hydrogen-bond donors (Lipinski definition) is 0. The minimum Gasteiger partial charge on any atom is -0.317 e. The molecule has 0 aromatic carbocycles. The lowest BCUT2D eigenvalue weighted by Crippen LogP contribution is -2.50. The van der Waals surface area contributed by atoms with Crippen LogP contribution in [0.2, 0.25) is 0 Å². The normalized spacial score (nSPS) is 22.9. The maximum Gasteiger partial charge on any atom is 0.321 e. The highest BCUT2D eigenvalue weighted by Crippen LogP contribution is 2.30. The molecule has 16 heavy (non-hydrogen) atoms. The molecular weight excluding hydrogens is 200 g/mol. The monoisotopic (exact) mass is 224 g/mol. The van der Waals surface area contributed by atoms with Crippen LogP contribution < -0.4 is 0 Å². The van der Waals surface area contributed by atoms with Gasteiger partial charge in [-0.25, -0.2) is 4.79 Å². The fraction of sp³-hybridized carbons (Fsp3) is 0.769. The summed E-state index contributed by atoms with van der Waals surface area (Å²) >= 11 is 0. The van der Waals surface area contributed by atoms with Gasteiger partial charge in [0.1, 0.15) is 0 Å². The highest BCUT2D eigenvalue weighted by molar-refractivity contribution is 5.79. The van der Waals surface area contributed by atoms with Gasteiger partial charge >= 0.3 is 6.03 Å². The Morgan fingerprint density at radius 3 is 1.94 bits per heavy atom. The molecule has 1 fully saturated rings. The average Bonchev–Trinajstić information content (AvgIpc) is 2.40. The van der Waals surface area contributed by atoms with Crippen molar-refractivity contribution in [2.24, 2.45) is 0 Å². The highest BCUT2D eigenvalue weighted by atomic mass is 16.2. The van der Waals surface area contributed by atoms with Crippen LogP contribution in [0.25, 0.3) is 0 Å². The van der Waals surface area contributed by atoms with E-state index in [1.807, 2.05) is 15.9 Å². The molecule has 0 aromatic heterocycles. The molecule has 0 bridgehead atoms. The molecule has 2 amide bonds. The molecule has 0 N–H and O–H groups in total. The van der Waals surface area contributed by atoms with Gasteiger partial charge in [0.05, 0.1) is 6.04 Å². The van der Waals surface area contributed by atoms with Crippen molar-refractivity contribution in [1.82, 2.24) is 9.80 Å². The van der Waals surface area contributed by atoms with Crippen LogP contribution in [-0.4, -0.2) is 39.5 Å². The third kappa shape index (κ3) is 2.23. The van der Waals surface area contributed by atoms with Crippen LogP contribution >= 0.6 is 0 Å². The Morgan fingerprint density at radius 2 is 1.69 bits per heavy atom. The fourth-order valence-electron chi connectivity index (χ4n) is 2.14. The summed E-state index contributed by atoms with van der Waals surface area (Å²) in [6.45, 7) is 17.0. The lowest BCUT2D eigenvalue weighted by atomic mass is 10.0. The summed E-state index contributed by atoms with van der Waals surface area (Å²) in [7, 11) is 0. The first-order valence-electron chi connectivity index (χ1n) is 5.82. The minimum atomic E-state index is -0.157. The molecule has 1 aliphatic heterocycles. The summed E-state index contributed by atoms with van der Waals surface area (Å²) in [5, 5.41) is 0. The van der Waals surface area contributed by atoms with Gasteiger partial charge in [-0.3, -0.25) is 0 Å². The highest BCUT2D eigenvalue weighted by Gasteiger charge is 2.45. The summed E-state index contributed by atoms with van der Waals surface area (Å²) in [5.41, 5.74) is -0.283. The van der Waals surface area contributed by atoms with E-state index in [-0.39, 0.29) is 23.2 Å². The first-order chi connectivity index (χ1) is 7.09. The largest absolute Gasteiger partial charge is 0.321 e. The molecule has 0 spiro atoms. The first-order valence-corrected chi connectivity index (χ1v) is 5.82. The second kappa shape index (κ2) is 3.79. The number of hydrogen-bond acceptors (Lipinski definition) is 1. The second-order valence-electron chi connectivity index (χ2n) is 6.41. The van der Waals surface area contributed by atoms with Crippen molar-refractivity contribution >= 4 is 6.03 Å². The van der Waals surface area contributed by atoms with Gasteiger partial charge < -0.3 is 9.80 Å². The summed E-state index contributed by atoms with van der Waals surface area (Å²) in [6.07, 6.45) is 1.87. The van der Waals surface area contributed by atoms with Crippen molar-refractivity contribution < 1.29 is 4.79 Å². The predicted octanol–water partition coefficient (Wildman–Crippen LogP) is 2.88. The molecule has 0 aliphatic carbocycles. The Bertz CT molecular complexity index is 296. The molecule has 1 heterocycles. The van der Waals surface area contributed by atoms with Crippen molar-refractivity contribution in [2.75, 3.05) is 6.54 Å². The lowest BCUT2D eigenvalue weighted by Gasteiger charge is -2.36. The van der Waals surface area contributed by atoms with Gasteiger partial charge in [-0.1, -0.05) is 6.08 Å². The van der Waals surface area contributed by atoms with E-state index in [0.29, 0.717) is 0 Å². The van der Waals surface area contributed by atoms with E-state index in [0.717, 1.165) is 6.54 Å². The molecule has 1 aliphatic rings. The summed E-state index contributed by atoms with van der Waals surface area (Å²) in [6, 6.07) is 0.233. The van der Waals surface area contributed by atoms with Crippen molar-refractivity contribution in [2.45, 2.75) is 58.7 Å². The molecule has 3 heteroatoms. The average molecular weight is 224 g/mol. The molecule has 0 unspecified atom stereocenters. The molecule has 1 atom stereocenters. The van der Waals surface area contributed by atoms with E-state index < -0.39 is 0 Å². The van der Waals surface area contributed by atoms with Crippen LogP contribution in [0.15, 0.2) is 12.7 Å². The molecule has 0 aromatic rings. The van der Waals surface area contributed by atoms with E-state index in [4.69, 9.17) is 0 Å². The molecule has 0 radical (unpaired) electrons.